The van der Waals surface area contributed by atoms with Gasteiger partial charge in [0.15, 0.2) is 0 Å². The van der Waals surface area contributed by atoms with E-state index in [-0.39, 0.29) is 29.4 Å². The van der Waals surface area contributed by atoms with E-state index in [1.54, 1.807) is 12.1 Å². The van der Waals surface area contributed by atoms with Crippen LogP contribution in [0.1, 0.15) is 25.3 Å². The molecule has 1 aromatic rings. The van der Waals surface area contributed by atoms with Crippen LogP contribution in [-0.4, -0.2) is 55.2 Å². The van der Waals surface area contributed by atoms with E-state index in [4.69, 9.17) is 0 Å². The van der Waals surface area contributed by atoms with E-state index in [1.165, 1.54) is 9.21 Å². The van der Waals surface area contributed by atoms with E-state index in [0.717, 1.165) is 12.0 Å². The van der Waals surface area contributed by atoms with E-state index < -0.39 is 10.0 Å². The third kappa shape index (κ3) is 3.03. The summed E-state index contributed by atoms with van der Waals surface area (Å²) in [4.78, 5) is 25.0. The number of amides is 3. The van der Waals surface area contributed by atoms with Crippen LogP contribution < -0.4 is 5.32 Å². The Hall–Kier alpha value is -1.93. The molecule has 0 radical (unpaired) electrons. The molecule has 130 valence electrons. The lowest BCUT2D eigenvalue weighted by Crippen LogP contribution is -2.48. The van der Waals surface area contributed by atoms with Gasteiger partial charge in [-0.2, -0.15) is 4.31 Å². The number of aryl methyl sites for hydroxylation is 1. The molecule has 24 heavy (non-hydrogen) atoms. The van der Waals surface area contributed by atoms with Crippen LogP contribution in [0.15, 0.2) is 29.2 Å². The zero-order chi connectivity index (χ0) is 17.3. The number of nitrogens with one attached hydrogen (secondary N) is 1. The van der Waals surface area contributed by atoms with Gasteiger partial charge in [0, 0.05) is 19.1 Å². The van der Waals surface area contributed by atoms with E-state index in [2.05, 4.69) is 5.32 Å². The normalized spacial score (nSPS) is 20.5. The van der Waals surface area contributed by atoms with Crippen LogP contribution in [0.4, 0.5) is 4.79 Å². The van der Waals surface area contributed by atoms with Crippen LogP contribution in [0.5, 0.6) is 0 Å². The van der Waals surface area contributed by atoms with E-state index >= 15 is 0 Å². The highest BCUT2D eigenvalue weighted by Gasteiger charge is 2.38. The standard InChI is InChI=1S/C16H21N3O4S/c1-2-12-3-5-14(6-4-12)24(22,23)18-9-7-13(8-10-18)19-15(20)11-17-16(19)21/h3-6,13H,2,7-11H2,1H3,(H,17,21). The number of urea groups is 1. The van der Waals surface area contributed by atoms with Crippen LogP contribution in [-0.2, 0) is 21.2 Å². The molecule has 1 N–H and O–H groups in total. The van der Waals surface area contributed by atoms with Gasteiger partial charge in [-0.1, -0.05) is 19.1 Å². The summed E-state index contributed by atoms with van der Waals surface area (Å²) in [5.74, 6) is -0.239. The molecule has 0 spiro atoms. The van der Waals surface area contributed by atoms with Crippen LogP contribution in [0.3, 0.4) is 0 Å². The third-order valence-corrected chi connectivity index (χ3v) is 6.55. The van der Waals surface area contributed by atoms with E-state index in [9.17, 15) is 18.0 Å². The second-order valence-corrected chi connectivity index (χ2v) is 7.99. The van der Waals surface area contributed by atoms with E-state index in [1.807, 2.05) is 19.1 Å². The summed E-state index contributed by atoms with van der Waals surface area (Å²) in [6.07, 6.45) is 1.79. The Kier molecular flexibility index (Phi) is 4.60. The molecule has 2 aliphatic heterocycles. The molecular formula is C16H21N3O4S. The second kappa shape index (κ2) is 6.52. The number of nitrogens with zero attached hydrogens (tertiary/aromatic N) is 2. The highest BCUT2D eigenvalue weighted by molar-refractivity contribution is 7.89. The number of rotatable bonds is 4. The molecule has 3 rings (SSSR count). The number of hydrogen-bond acceptors (Lipinski definition) is 4. The zero-order valence-electron chi connectivity index (χ0n) is 13.6. The molecule has 0 bridgehead atoms. The Morgan fingerprint density at radius 1 is 1.12 bits per heavy atom. The third-order valence-electron chi connectivity index (χ3n) is 4.64. The first-order valence-corrected chi connectivity index (χ1v) is 9.56. The summed E-state index contributed by atoms with van der Waals surface area (Å²) in [5, 5.41) is 2.50. The second-order valence-electron chi connectivity index (χ2n) is 6.06. The molecule has 0 unspecified atom stereocenters. The van der Waals surface area contributed by atoms with Crippen molar-refractivity contribution < 1.29 is 18.0 Å². The molecule has 7 nitrogen and oxygen atoms in total. The quantitative estimate of drug-likeness (QED) is 0.819. The Morgan fingerprint density at radius 3 is 2.25 bits per heavy atom. The van der Waals surface area contributed by atoms with Crippen LogP contribution in [0.25, 0.3) is 0 Å². The maximum absolute atomic E-state index is 12.7. The summed E-state index contributed by atoms with van der Waals surface area (Å²) < 4.78 is 26.9. The van der Waals surface area contributed by atoms with Gasteiger partial charge in [-0.25, -0.2) is 13.2 Å². The molecule has 2 saturated heterocycles. The monoisotopic (exact) mass is 351 g/mol. The predicted octanol–water partition coefficient (Wildman–Crippen LogP) is 0.954. The SMILES string of the molecule is CCc1ccc(S(=O)(=O)N2CCC(N3C(=O)CNC3=O)CC2)cc1. The van der Waals surface area contributed by atoms with Crippen molar-refractivity contribution in [2.24, 2.45) is 0 Å². The lowest BCUT2D eigenvalue weighted by molar-refractivity contribution is -0.127. The summed E-state index contributed by atoms with van der Waals surface area (Å²) >= 11 is 0. The topological polar surface area (TPSA) is 86.8 Å². The minimum atomic E-state index is -3.53. The van der Waals surface area contributed by atoms with Crippen LogP contribution in [0, 0.1) is 0 Å². The van der Waals surface area contributed by atoms with E-state index in [0.29, 0.717) is 25.9 Å². The average molecular weight is 351 g/mol. The smallest absolute Gasteiger partial charge is 0.324 e. The molecule has 0 aromatic heterocycles. The zero-order valence-corrected chi connectivity index (χ0v) is 14.4. The highest BCUT2D eigenvalue weighted by atomic mass is 32.2. The maximum Gasteiger partial charge on any atom is 0.324 e. The van der Waals surface area contributed by atoms with Gasteiger partial charge in [-0.15, -0.1) is 0 Å². The molecule has 0 aliphatic carbocycles. The van der Waals surface area contributed by atoms with Gasteiger partial charge in [-0.3, -0.25) is 9.69 Å². The van der Waals surface area contributed by atoms with Crippen LogP contribution in [0.2, 0.25) is 0 Å². The van der Waals surface area contributed by atoms with Gasteiger partial charge >= 0.3 is 6.03 Å². The maximum atomic E-state index is 12.7. The van der Waals surface area contributed by atoms with Crippen molar-refractivity contribution in [3.05, 3.63) is 29.8 Å². The van der Waals surface area contributed by atoms with Gasteiger partial charge < -0.3 is 5.32 Å². The van der Waals surface area contributed by atoms with Gasteiger partial charge in [0.25, 0.3) is 0 Å². The molecule has 2 aliphatic rings. The number of piperidine rings is 1. The number of benzene rings is 1. The fourth-order valence-electron chi connectivity index (χ4n) is 3.19. The molecule has 0 atom stereocenters. The van der Waals surface area contributed by atoms with Crippen molar-refractivity contribution in [3.8, 4) is 0 Å². The first-order valence-electron chi connectivity index (χ1n) is 8.12. The van der Waals surface area contributed by atoms with Crippen LogP contribution >= 0.6 is 0 Å². The fraction of sp³-hybridized carbons (Fsp3) is 0.500. The molecule has 0 saturated carbocycles. The Labute approximate surface area is 141 Å². The molecule has 2 heterocycles. The first-order chi connectivity index (χ1) is 11.4. The number of sulfonamides is 1. The van der Waals surface area contributed by atoms with Crippen molar-refractivity contribution in [3.63, 3.8) is 0 Å². The van der Waals surface area contributed by atoms with Gasteiger partial charge in [0.05, 0.1) is 11.4 Å². The summed E-state index contributed by atoms with van der Waals surface area (Å²) in [5.41, 5.74) is 1.09. The summed E-state index contributed by atoms with van der Waals surface area (Å²) in [6, 6.07) is 6.32. The average Bonchev–Trinajstić information content (AvgIpc) is 2.93. The summed E-state index contributed by atoms with van der Waals surface area (Å²) in [7, 11) is -3.53. The lowest BCUT2D eigenvalue weighted by atomic mass is 10.1. The molecule has 1 aromatic carbocycles. The minimum Gasteiger partial charge on any atom is -0.329 e. The van der Waals surface area contributed by atoms with Crippen molar-refractivity contribution in [2.75, 3.05) is 19.6 Å². The number of imide groups is 1. The first kappa shape index (κ1) is 16.9. The molecule has 3 amide bonds. The Morgan fingerprint density at radius 2 is 1.75 bits per heavy atom. The largest absolute Gasteiger partial charge is 0.329 e. The van der Waals surface area contributed by atoms with Crippen molar-refractivity contribution in [1.82, 2.24) is 14.5 Å². The minimum absolute atomic E-state index is 0.0289. The molecular weight excluding hydrogens is 330 g/mol. The highest BCUT2D eigenvalue weighted by Crippen LogP contribution is 2.24. The Balaban J connectivity index is 1.69. The Bertz CT molecular complexity index is 721. The van der Waals surface area contributed by atoms with Crippen molar-refractivity contribution in [2.45, 2.75) is 37.1 Å². The lowest BCUT2D eigenvalue weighted by Gasteiger charge is -2.34. The van der Waals surface area contributed by atoms with Gasteiger partial charge in [0.1, 0.15) is 0 Å². The number of hydrogen-bond donors (Lipinski definition) is 1. The number of carbonyl (C=O) groups excluding carboxylic acids is 2. The van der Waals surface area contributed by atoms with Gasteiger partial charge in [0.2, 0.25) is 15.9 Å². The molecule has 8 heteroatoms. The summed E-state index contributed by atoms with van der Waals surface area (Å²) in [6.45, 7) is 2.66. The predicted molar refractivity (Wildman–Crippen MR) is 87.8 cm³/mol. The molecule has 2 fully saturated rings. The number of carbonyl (C=O) groups is 2. The fourth-order valence-corrected chi connectivity index (χ4v) is 4.66. The van der Waals surface area contributed by atoms with Crippen molar-refractivity contribution in [1.29, 1.82) is 0 Å². The van der Waals surface area contributed by atoms with Gasteiger partial charge in [-0.05, 0) is 37.0 Å². The van der Waals surface area contributed by atoms with Crippen molar-refractivity contribution >= 4 is 22.0 Å².